The molecule has 7 nitrogen and oxygen atoms in total. The summed E-state index contributed by atoms with van der Waals surface area (Å²) in [6.07, 6.45) is 2.01. The molecule has 1 aromatic carbocycles. The molecule has 2 unspecified atom stereocenters. The molecule has 150 valence electrons. The van der Waals surface area contributed by atoms with E-state index in [9.17, 15) is 14.0 Å². The summed E-state index contributed by atoms with van der Waals surface area (Å²) < 4.78 is 14.4. The van der Waals surface area contributed by atoms with Gasteiger partial charge >= 0.3 is 6.03 Å². The molecule has 1 aromatic rings. The predicted molar refractivity (Wildman–Crippen MR) is 103 cm³/mol. The molecule has 0 aromatic heterocycles. The molecular weight excluding hydrogens is 351 g/mol. The molecule has 0 aliphatic carbocycles. The summed E-state index contributed by atoms with van der Waals surface area (Å²) in [7, 11) is 0. The molecule has 3 amide bonds. The normalized spacial score (nSPS) is 13.9. The van der Waals surface area contributed by atoms with Crippen molar-refractivity contribution in [2.24, 2.45) is 23.3 Å². The van der Waals surface area contributed by atoms with E-state index in [-0.39, 0.29) is 25.0 Å². The molecule has 0 aliphatic heterocycles. The van der Waals surface area contributed by atoms with Gasteiger partial charge in [-0.25, -0.2) is 9.18 Å². The Morgan fingerprint density at radius 1 is 1.26 bits per heavy atom. The Morgan fingerprint density at radius 2 is 1.89 bits per heavy atom. The molecule has 1 rings (SSSR count). The van der Waals surface area contributed by atoms with Crippen molar-refractivity contribution in [1.29, 1.82) is 0 Å². The minimum atomic E-state index is -0.784. The van der Waals surface area contributed by atoms with E-state index in [0.29, 0.717) is 18.5 Å². The fourth-order valence-electron chi connectivity index (χ4n) is 2.37. The molecule has 7 N–H and O–H groups in total. The molecule has 0 fully saturated rings. The lowest BCUT2D eigenvalue weighted by Crippen LogP contribution is -2.31. The maximum absolute atomic E-state index is 14.4. The second-order valence-corrected chi connectivity index (χ2v) is 6.71. The molecule has 27 heavy (non-hydrogen) atoms. The minimum Gasteiger partial charge on any atom is -0.392 e. The van der Waals surface area contributed by atoms with Crippen LogP contribution in [0.1, 0.15) is 32.3 Å². The van der Waals surface area contributed by atoms with E-state index in [1.165, 1.54) is 6.08 Å². The maximum atomic E-state index is 14.4. The summed E-state index contributed by atoms with van der Waals surface area (Å²) in [6, 6.07) is 5.26. The highest BCUT2D eigenvalue weighted by Crippen LogP contribution is 2.19. The first kappa shape index (κ1) is 22.6. The number of aliphatic hydroxyl groups is 1. The van der Waals surface area contributed by atoms with Gasteiger partial charge in [-0.1, -0.05) is 26.0 Å². The highest BCUT2D eigenvalue weighted by atomic mass is 19.1. The van der Waals surface area contributed by atoms with E-state index in [4.69, 9.17) is 16.6 Å². The van der Waals surface area contributed by atoms with Gasteiger partial charge < -0.3 is 27.2 Å². The number of rotatable bonds is 10. The third-order valence-electron chi connectivity index (χ3n) is 4.13. The molecule has 0 saturated heterocycles. The van der Waals surface area contributed by atoms with E-state index >= 15 is 0 Å². The Balaban J connectivity index is 2.84. The number of hydrogen-bond acceptors (Lipinski definition) is 4. The Morgan fingerprint density at radius 3 is 2.41 bits per heavy atom. The lowest BCUT2D eigenvalue weighted by Gasteiger charge is -2.18. The summed E-state index contributed by atoms with van der Waals surface area (Å²) >= 11 is 0. The molecule has 2 atom stereocenters. The van der Waals surface area contributed by atoms with Crippen LogP contribution in [-0.4, -0.2) is 29.6 Å². The summed E-state index contributed by atoms with van der Waals surface area (Å²) in [5.41, 5.74) is 12.1. The molecule has 0 saturated carbocycles. The fraction of sp³-hybridized carbons (Fsp3) is 0.474. The highest BCUT2D eigenvalue weighted by Gasteiger charge is 2.21. The van der Waals surface area contributed by atoms with Crippen LogP contribution < -0.4 is 22.1 Å². The van der Waals surface area contributed by atoms with E-state index in [2.05, 4.69) is 10.6 Å². The van der Waals surface area contributed by atoms with Crippen LogP contribution in [0.3, 0.4) is 0 Å². The zero-order valence-corrected chi connectivity index (χ0v) is 15.7. The predicted octanol–water partition coefficient (Wildman–Crippen LogP) is 2.02. The van der Waals surface area contributed by atoms with Crippen LogP contribution in [0.4, 0.5) is 14.9 Å². The quantitative estimate of drug-likeness (QED) is 0.397. The average molecular weight is 380 g/mol. The van der Waals surface area contributed by atoms with E-state index in [1.54, 1.807) is 38.1 Å². The molecule has 0 aliphatic rings. The van der Waals surface area contributed by atoms with Gasteiger partial charge in [-0.2, -0.15) is 0 Å². The number of benzene rings is 1. The van der Waals surface area contributed by atoms with Gasteiger partial charge in [0.05, 0.1) is 18.6 Å². The standard InChI is InChI=1S/C19H29FN4O3/c1-12(2)17(21)16(20)10-14(4-3-9-23-19(22)27)18(26)24-15-7-5-13(11-25)6-8-15/h5-8,10,12,14,17,25H,3-4,9,11,21H2,1-2H3,(H,24,26)(H3,22,23,27)/b16-10-. The fourth-order valence-corrected chi connectivity index (χ4v) is 2.37. The van der Waals surface area contributed by atoms with Crippen molar-refractivity contribution in [1.82, 2.24) is 5.32 Å². The minimum absolute atomic E-state index is 0.0925. The number of halogens is 1. The van der Waals surface area contributed by atoms with Gasteiger partial charge in [-0.3, -0.25) is 4.79 Å². The van der Waals surface area contributed by atoms with Crippen molar-refractivity contribution >= 4 is 17.6 Å². The number of aliphatic hydroxyl groups excluding tert-OH is 1. The number of primary amides is 1. The second-order valence-electron chi connectivity index (χ2n) is 6.71. The number of amides is 3. The SMILES string of the molecule is CC(C)C(N)/C(F)=C/C(CCCNC(N)=O)C(=O)Nc1ccc(CO)cc1. The number of urea groups is 1. The molecular formula is C19H29FN4O3. The van der Waals surface area contributed by atoms with Crippen molar-refractivity contribution in [3.8, 4) is 0 Å². The van der Waals surface area contributed by atoms with E-state index < -0.39 is 23.8 Å². The molecule has 8 heteroatoms. The summed E-state index contributed by atoms with van der Waals surface area (Å²) in [6.45, 7) is 3.79. The molecule has 0 bridgehead atoms. The van der Waals surface area contributed by atoms with Gasteiger partial charge in [0.25, 0.3) is 0 Å². The smallest absolute Gasteiger partial charge is 0.312 e. The largest absolute Gasteiger partial charge is 0.392 e. The first-order chi connectivity index (χ1) is 12.7. The number of carbonyl (C=O) groups is 2. The average Bonchev–Trinajstić information content (AvgIpc) is 2.63. The molecule has 0 radical (unpaired) electrons. The van der Waals surface area contributed by atoms with Crippen LogP contribution in [-0.2, 0) is 11.4 Å². The van der Waals surface area contributed by atoms with E-state index in [1.807, 2.05) is 0 Å². The molecule has 0 spiro atoms. The number of carbonyl (C=O) groups excluding carboxylic acids is 2. The third kappa shape index (κ3) is 8.19. The van der Waals surface area contributed by atoms with Crippen LogP contribution in [0.5, 0.6) is 0 Å². The van der Waals surface area contributed by atoms with Crippen LogP contribution in [0, 0.1) is 11.8 Å². The Kier molecular flexibility index (Phi) is 9.46. The zero-order valence-electron chi connectivity index (χ0n) is 15.7. The van der Waals surface area contributed by atoms with Gasteiger partial charge in [0.2, 0.25) is 5.91 Å². The number of nitrogens with one attached hydrogen (secondary N) is 2. The lowest BCUT2D eigenvalue weighted by molar-refractivity contribution is -0.118. The van der Waals surface area contributed by atoms with Crippen LogP contribution in [0.25, 0.3) is 0 Å². The van der Waals surface area contributed by atoms with Crippen molar-refractivity contribution in [3.63, 3.8) is 0 Å². The lowest BCUT2D eigenvalue weighted by atomic mass is 9.97. The van der Waals surface area contributed by atoms with Crippen LogP contribution >= 0.6 is 0 Å². The highest BCUT2D eigenvalue weighted by molar-refractivity contribution is 5.93. The first-order valence-corrected chi connectivity index (χ1v) is 8.91. The number of nitrogens with two attached hydrogens (primary N) is 2. The van der Waals surface area contributed by atoms with Crippen molar-refractivity contribution in [3.05, 3.63) is 41.7 Å². The Labute approximate surface area is 159 Å². The zero-order chi connectivity index (χ0) is 20.4. The topological polar surface area (TPSA) is 130 Å². The van der Waals surface area contributed by atoms with Crippen LogP contribution in [0.2, 0.25) is 0 Å². The van der Waals surface area contributed by atoms with Crippen LogP contribution in [0.15, 0.2) is 36.2 Å². The maximum Gasteiger partial charge on any atom is 0.312 e. The Bertz CT molecular complexity index is 647. The van der Waals surface area contributed by atoms with Gasteiger partial charge in [-0.15, -0.1) is 0 Å². The second kappa shape index (κ2) is 11.3. The van der Waals surface area contributed by atoms with Crippen molar-refractivity contribution < 1.29 is 19.1 Å². The first-order valence-electron chi connectivity index (χ1n) is 8.91. The van der Waals surface area contributed by atoms with Gasteiger partial charge in [0.1, 0.15) is 5.83 Å². The summed E-state index contributed by atoms with van der Waals surface area (Å²) in [4.78, 5) is 23.3. The molecule has 0 heterocycles. The van der Waals surface area contributed by atoms with Gasteiger partial charge in [-0.05, 0) is 42.5 Å². The Hall–Kier alpha value is -2.45. The summed E-state index contributed by atoms with van der Waals surface area (Å²) in [5.74, 6) is -1.77. The van der Waals surface area contributed by atoms with Gasteiger partial charge in [0.15, 0.2) is 0 Å². The van der Waals surface area contributed by atoms with Crippen molar-refractivity contribution in [2.75, 3.05) is 11.9 Å². The number of hydrogen-bond donors (Lipinski definition) is 5. The summed E-state index contributed by atoms with van der Waals surface area (Å²) in [5, 5.41) is 14.2. The third-order valence-corrected chi connectivity index (χ3v) is 4.13. The monoisotopic (exact) mass is 380 g/mol. The van der Waals surface area contributed by atoms with Crippen molar-refractivity contribution in [2.45, 2.75) is 39.3 Å². The number of anilines is 1. The van der Waals surface area contributed by atoms with E-state index in [0.717, 1.165) is 5.56 Å². The van der Waals surface area contributed by atoms with Gasteiger partial charge in [0, 0.05) is 12.2 Å².